The summed E-state index contributed by atoms with van der Waals surface area (Å²) in [7, 11) is -2.90. The van der Waals surface area contributed by atoms with Crippen LogP contribution in [0, 0.1) is 0 Å². The van der Waals surface area contributed by atoms with Gasteiger partial charge in [0.15, 0.2) is 21.2 Å². The van der Waals surface area contributed by atoms with Crippen LogP contribution in [0.15, 0.2) is 16.7 Å². The van der Waals surface area contributed by atoms with Crippen LogP contribution in [-0.4, -0.2) is 78.2 Å². The molecule has 0 amide bonds. The highest BCUT2D eigenvalue weighted by molar-refractivity contribution is 7.92. The smallest absolute Gasteiger partial charge is 0.229 e. The van der Waals surface area contributed by atoms with Gasteiger partial charge in [-0.25, -0.2) is 18.4 Å². The predicted molar refractivity (Wildman–Crippen MR) is 112 cm³/mol. The zero-order chi connectivity index (χ0) is 20.5. The van der Waals surface area contributed by atoms with Crippen molar-refractivity contribution in [2.24, 2.45) is 0 Å². The van der Waals surface area contributed by atoms with E-state index < -0.39 is 9.84 Å². The van der Waals surface area contributed by atoms with Gasteiger partial charge in [-0.05, 0) is 29.7 Å². The molecule has 0 aromatic carbocycles. The lowest BCUT2D eigenvalue weighted by Crippen LogP contribution is -2.39. The first-order valence-electron chi connectivity index (χ1n) is 10.0. The van der Waals surface area contributed by atoms with Gasteiger partial charge >= 0.3 is 0 Å². The van der Waals surface area contributed by atoms with Crippen molar-refractivity contribution in [2.75, 3.05) is 43.5 Å². The number of morpholine rings is 1. The molecule has 11 heteroatoms. The molecule has 0 spiro atoms. The number of furan rings is 1. The Hall–Kier alpha value is -2.01. The third-order valence-electron chi connectivity index (χ3n) is 6.30. The minimum absolute atomic E-state index is 0.0986. The van der Waals surface area contributed by atoms with Crippen molar-refractivity contribution in [3.63, 3.8) is 0 Å². The van der Waals surface area contributed by atoms with Crippen LogP contribution < -0.4 is 4.90 Å². The number of ether oxygens (including phenoxy) is 1. The molecule has 0 aliphatic carbocycles. The standard InChI is InChI=1S/C19H20ClN5O4S/c20-19-22-15-14-5-11(8-25-9-13-6-12(25)10-30(13,26)27)7-21-18(14)29-16(15)17(23-19)24-1-3-28-4-2-24/h5,7,12-13H,1-4,6,8-10H2/t12-,13-/m0/s1. The fraction of sp³-hybridized carbons (Fsp3) is 0.526. The second kappa shape index (κ2) is 6.74. The van der Waals surface area contributed by atoms with Gasteiger partial charge in [0.2, 0.25) is 11.0 Å². The average molecular weight is 450 g/mol. The number of halogens is 1. The fourth-order valence-electron chi connectivity index (χ4n) is 4.81. The zero-order valence-electron chi connectivity index (χ0n) is 16.1. The number of likely N-dealkylation sites (tertiary alicyclic amines) is 1. The lowest BCUT2D eigenvalue weighted by molar-refractivity contribution is 0.122. The van der Waals surface area contributed by atoms with Crippen molar-refractivity contribution in [3.8, 4) is 0 Å². The highest BCUT2D eigenvalue weighted by atomic mass is 35.5. The van der Waals surface area contributed by atoms with E-state index in [9.17, 15) is 8.42 Å². The number of fused-ring (bicyclic) bond motifs is 5. The number of pyridine rings is 1. The lowest BCUT2D eigenvalue weighted by atomic mass is 10.2. The van der Waals surface area contributed by atoms with Gasteiger partial charge in [-0.2, -0.15) is 4.98 Å². The number of nitrogens with zero attached hydrogens (tertiary/aromatic N) is 5. The Morgan fingerprint density at radius 3 is 2.80 bits per heavy atom. The number of rotatable bonds is 3. The molecule has 3 aromatic rings. The van der Waals surface area contributed by atoms with Crippen molar-refractivity contribution >= 4 is 49.5 Å². The molecule has 158 valence electrons. The zero-order valence-corrected chi connectivity index (χ0v) is 17.7. The van der Waals surface area contributed by atoms with E-state index in [2.05, 4.69) is 24.8 Å². The topological polar surface area (TPSA) is 102 Å². The first-order valence-corrected chi connectivity index (χ1v) is 12.1. The van der Waals surface area contributed by atoms with Gasteiger partial charge in [-0.3, -0.25) is 4.90 Å². The van der Waals surface area contributed by atoms with Gasteiger partial charge < -0.3 is 14.1 Å². The van der Waals surface area contributed by atoms with Crippen LogP contribution >= 0.6 is 11.6 Å². The van der Waals surface area contributed by atoms with Crippen molar-refractivity contribution in [1.82, 2.24) is 19.9 Å². The summed E-state index contributed by atoms with van der Waals surface area (Å²) < 4.78 is 35.5. The Labute approximate surface area is 177 Å². The Balaban J connectivity index is 1.37. The summed E-state index contributed by atoms with van der Waals surface area (Å²) >= 11 is 6.24. The summed E-state index contributed by atoms with van der Waals surface area (Å²) in [5, 5.41) is 0.731. The minimum atomic E-state index is -2.90. The highest BCUT2D eigenvalue weighted by Crippen LogP contribution is 2.36. The number of hydrogen-bond donors (Lipinski definition) is 0. The molecule has 0 N–H and O–H groups in total. The molecule has 3 fully saturated rings. The van der Waals surface area contributed by atoms with Gasteiger partial charge in [0.1, 0.15) is 5.52 Å². The highest BCUT2D eigenvalue weighted by Gasteiger charge is 2.48. The maximum absolute atomic E-state index is 12.0. The Kier molecular flexibility index (Phi) is 4.21. The number of anilines is 1. The molecule has 0 unspecified atom stereocenters. The van der Waals surface area contributed by atoms with Crippen molar-refractivity contribution in [2.45, 2.75) is 24.3 Å². The second-order valence-corrected chi connectivity index (χ2v) is 10.8. The van der Waals surface area contributed by atoms with Crippen LogP contribution in [0.5, 0.6) is 0 Å². The average Bonchev–Trinajstić information content (AvgIpc) is 3.38. The Morgan fingerprint density at radius 2 is 2.07 bits per heavy atom. The third kappa shape index (κ3) is 2.96. The van der Waals surface area contributed by atoms with E-state index in [4.69, 9.17) is 20.8 Å². The van der Waals surface area contributed by atoms with E-state index >= 15 is 0 Å². The van der Waals surface area contributed by atoms with Gasteiger partial charge in [0, 0.05) is 38.4 Å². The first-order chi connectivity index (χ1) is 14.5. The van der Waals surface area contributed by atoms with Crippen molar-refractivity contribution < 1.29 is 17.6 Å². The van der Waals surface area contributed by atoms with Crippen LogP contribution in [-0.2, 0) is 21.1 Å². The van der Waals surface area contributed by atoms with E-state index in [1.807, 2.05) is 6.07 Å². The predicted octanol–water partition coefficient (Wildman–Crippen LogP) is 1.63. The number of sulfone groups is 1. The summed E-state index contributed by atoms with van der Waals surface area (Å²) in [6, 6.07) is 2.11. The molecule has 9 nitrogen and oxygen atoms in total. The summed E-state index contributed by atoms with van der Waals surface area (Å²) in [6.07, 6.45) is 2.52. The monoisotopic (exact) mass is 449 g/mol. The molecule has 6 rings (SSSR count). The summed E-state index contributed by atoms with van der Waals surface area (Å²) in [4.78, 5) is 17.6. The van der Waals surface area contributed by atoms with Crippen LogP contribution in [0.1, 0.15) is 12.0 Å². The van der Waals surface area contributed by atoms with Gasteiger partial charge in [-0.15, -0.1) is 0 Å². The van der Waals surface area contributed by atoms with Crippen LogP contribution in [0.4, 0.5) is 5.82 Å². The van der Waals surface area contributed by atoms with Crippen LogP contribution in [0.2, 0.25) is 5.28 Å². The molecule has 3 aliphatic heterocycles. The minimum Gasteiger partial charge on any atom is -0.432 e. The molecule has 6 heterocycles. The van der Waals surface area contributed by atoms with E-state index in [-0.39, 0.29) is 22.3 Å². The number of aromatic nitrogens is 3. The molecule has 30 heavy (non-hydrogen) atoms. The summed E-state index contributed by atoms with van der Waals surface area (Å²) in [5.74, 6) is 0.920. The lowest BCUT2D eigenvalue weighted by Gasteiger charge is -2.27. The van der Waals surface area contributed by atoms with Gasteiger partial charge in [-0.1, -0.05) is 0 Å². The third-order valence-corrected chi connectivity index (χ3v) is 8.68. The molecular formula is C19H20ClN5O4S. The quantitative estimate of drug-likeness (QED) is 0.552. The molecule has 2 atom stereocenters. The molecule has 0 saturated carbocycles. The molecule has 3 aliphatic rings. The molecule has 3 saturated heterocycles. The summed E-state index contributed by atoms with van der Waals surface area (Å²) in [5.41, 5.74) is 2.71. The Morgan fingerprint density at radius 1 is 1.23 bits per heavy atom. The van der Waals surface area contributed by atoms with Gasteiger partial charge in [0.25, 0.3) is 0 Å². The summed E-state index contributed by atoms with van der Waals surface area (Å²) in [6.45, 7) is 3.91. The van der Waals surface area contributed by atoms with Gasteiger partial charge in [0.05, 0.1) is 29.6 Å². The van der Waals surface area contributed by atoms with Crippen LogP contribution in [0.25, 0.3) is 22.2 Å². The van der Waals surface area contributed by atoms with E-state index in [1.54, 1.807) is 6.20 Å². The molecule has 0 radical (unpaired) electrons. The van der Waals surface area contributed by atoms with Crippen LogP contribution in [0.3, 0.4) is 0 Å². The largest absolute Gasteiger partial charge is 0.432 e. The maximum Gasteiger partial charge on any atom is 0.229 e. The fourth-order valence-corrected chi connectivity index (χ4v) is 7.07. The van der Waals surface area contributed by atoms with E-state index in [0.29, 0.717) is 62.0 Å². The maximum atomic E-state index is 12.0. The first kappa shape index (κ1) is 18.7. The normalized spacial score (nSPS) is 26.2. The van der Waals surface area contributed by atoms with E-state index in [0.717, 1.165) is 17.4 Å². The SMILES string of the molecule is O=S1(=O)C[C@@H]2C[C@H]1CN2Cc1cnc2oc3c(N4CCOCC4)nc(Cl)nc3c2c1. The van der Waals surface area contributed by atoms with Crippen molar-refractivity contribution in [3.05, 3.63) is 23.1 Å². The second-order valence-electron chi connectivity index (χ2n) is 8.16. The molecule has 2 bridgehead atoms. The molecule has 3 aromatic heterocycles. The molecular weight excluding hydrogens is 430 g/mol. The van der Waals surface area contributed by atoms with Crippen molar-refractivity contribution in [1.29, 1.82) is 0 Å². The number of hydrogen-bond acceptors (Lipinski definition) is 9. The van der Waals surface area contributed by atoms with E-state index in [1.165, 1.54) is 0 Å². The Bertz CT molecular complexity index is 1260.